The first kappa shape index (κ1) is 32.1. The number of carbonyl (C=O) groups excluding carboxylic acids is 3. The predicted molar refractivity (Wildman–Crippen MR) is 144 cm³/mol. The van der Waals surface area contributed by atoms with Crippen LogP contribution in [0.4, 0.5) is 23.7 Å². The Morgan fingerprint density at radius 3 is 2.28 bits per heavy atom. The number of sulfonamides is 1. The molecule has 2 aliphatic heterocycles. The van der Waals surface area contributed by atoms with Gasteiger partial charge in [-0.05, 0) is 18.2 Å². The van der Waals surface area contributed by atoms with Gasteiger partial charge in [-0.25, -0.2) is 23.3 Å². The summed E-state index contributed by atoms with van der Waals surface area (Å²) in [6.07, 6.45) is -3.89. The standard InChI is InChI=1S/C26H31F3N6O7S/c1-24(2,3)22(37)33-19-7-15(26(27,28)29)8-31-20(19)12-42-23(38)35-11-16-10-34(13-25(16,14-35)41-4)21(36)18-6-5-17(9-32-18)43(30,39)40/h5-9,16H,10-14H2,1-4H3,(H,33,37)(H2,30,39,40). The molecule has 234 valence electrons. The number of hydrogen-bond acceptors (Lipinski definition) is 9. The molecule has 13 nitrogen and oxygen atoms in total. The van der Waals surface area contributed by atoms with Crippen LogP contribution < -0.4 is 10.5 Å². The smallest absolute Gasteiger partial charge is 0.417 e. The summed E-state index contributed by atoms with van der Waals surface area (Å²) < 4.78 is 73.9. The van der Waals surface area contributed by atoms with Crippen LogP contribution in [0.3, 0.4) is 0 Å². The molecule has 4 rings (SSSR count). The number of carbonyl (C=O) groups is 3. The minimum atomic E-state index is -4.70. The van der Waals surface area contributed by atoms with Crippen molar-refractivity contribution in [1.82, 2.24) is 19.8 Å². The van der Waals surface area contributed by atoms with Crippen molar-refractivity contribution in [3.8, 4) is 0 Å². The molecule has 2 unspecified atom stereocenters. The van der Waals surface area contributed by atoms with Gasteiger partial charge >= 0.3 is 12.3 Å². The number of alkyl halides is 3. The molecule has 17 heteroatoms. The number of rotatable bonds is 6. The lowest BCUT2D eigenvalue weighted by atomic mass is 9.95. The molecule has 43 heavy (non-hydrogen) atoms. The van der Waals surface area contributed by atoms with Gasteiger partial charge in [-0.1, -0.05) is 20.8 Å². The van der Waals surface area contributed by atoms with E-state index in [0.29, 0.717) is 6.20 Å². The summed E-state index contributed by atoms with van der Waals surface area (Å²) in [4.78, 5) is 48.8. The summed E-state index contributed by atoms with van der Waals surface area (Å²) in [5.41, 5.74) is -3.20. The van der Waals surface area contributed by atoms with E-state index >= 15 is 0 Å². The highest BCUT2D eigenvalue weighted by molar-refractivity contribution is 7.89. The maximum atomic E-state index is 13.3. The Labute approximate surface area is 245 Å². The summed E-state index contributed by atoms with van der Waals surface area (Å²) in [7, 11) is -2.52. The Hall–Kier alpha value is -3.83. The topological polar surface area (TPSA) is 174 Å². The van der Waals surface area contributed by atoms with Crippen molar-refractivity contribution in [3.63, 3.8) is 0 Å². The molecule has 2 aromatic rings. The Bertz CT molecular complexity index is 1530. The van der Waals surface area contributed by atoms with Crippen molar-refractivity contribution in [2.24, 2.45) is 16.5 Å². The van der Waals surface area contributed by atoms with E-state index in [0.717, 1.165) is 12.3 Å². The van der Waals surface area contributed by atoms with Crippen LogP contribution >= 0.6 is 0 Å². The molecule has 4 heterocycles. The third kappa shape index (κ3) is 6.88. The van der Waals surface area contributed by atoms with E-state index in [1.165, 1.54) is 29.0 Å². The number of likely N-dealkylation sites (tertiary alicyclic amines) is 2. The lowest BCUT2D eigenvalue weighted by Gasteiger charge is -2.27. The van der Waals surface area contributed by atoms with Gasteiger partial charge in [0, 0.05) is 43.9 Å². The number of primary sulfonamides is 1. The fourth-order valence-corrected chi connectivity index (χ4v) is 5.29. The van der Waals surface area contributed by atoms with Gasteiger partial charge in [-0.15, -0.1) is 0 Å². The number of nitrogens with one attached hydrogen (secondary N) is 1. The molecule has 2 fully saturated rings. The highest BCUT2D eigenvalue weighted by Gasteiger charge is 2.55. The molecule has 0 bridgehead atoms. The molecule has 2 atom stereocenters. The first-order valence-electron chi connectivity index (χ1n) is 13.0. The van der Waals surface area contributed by atoms with Crippen LogP contribution in [0.25, 0.3) is 0 Å². The largest absolute Gasteiger partial charge is 0.443 e. The highest BCUT2D eigenvalue weighted by atomic mass is 32.2. The number of ether oxygens (including phenoxy) is 2. The zero-order chi connectivity index (χ0) is 32.0. The van der Waals surface area contributed by atoms with Crippen molar-refractivity contribution in [1.29, 1.82) is 0 Å². The molecule has 0 radical (unpaired) electrons. The van der Waals surface area contributed by atoms with Gasteiger partial charge in [-0.3, -0.25) is 14.6 Å². The summed E-state index contributed by atoms with van der Waals surface area (Å²) in [6.45, 7) is 4.79. The van der Waals surface area contributed by atoms with Crippen molar-refractivity contribution in [2.45, 2.75) is 44.1 Å². The molecule has 0 aromatic carbocycles. The number of pyridine rings is 2. The van der Waals surface area contributed by atoms with Gasteiger partial charge in [0.1, 0.15) is 28.5 Å². The lowest BCUT2D eigenvalue weighted by molar-refractivity contribution is -0.137. The van der Waals surface area contributed by atoms with Crippen LogP contribution in [0.1, 0.15) is 42.5 Å². The van der Waals surface area contributed by atoms with E-state index in [1.807, 2.05) is 0 Å². The minimum Gasteiger partial charge on any atom is -0.443 e. The summed E-state index contributed by atoms with van der Waals surface area (Å²) >= 11 is 0. The van der Waals surface area contributed by atoms with Gasteiger partial charge in [0.25, 0.3) is 5.91 Å². The Kier molecular flexibility index (Phi) is 8.47. The van der Waals surface area contributed by atoms with E-state index in [2.05, 4.69) is 15.3 Å². The quantitative estimate of drug-likeness (QED) is 0.486. The van der Waals surface area contributed by atoms with Gasteiger partial charge in [0.15, 0.2) is 0 Å². The van der Waals surface area contributed by atoms with Crippen LogP contribution in [-0.4, -0.2) is 85.0 Å². The van der Waals surface area contributed by atoms with Crippen LogP contribution in [0.15, 0.2) is 35.5 Å². The molecular formula is C26H31F3N6O7S. The zero-order valence-electron chi connectivity index (χ0n) is 23.8. The molecule has 2 aliphatic rings. The first-order valence-corrected chi connectivity index (χ1v) is 14.5. The summed E-state index contributed by atoms with van der Waals surface area (Å²) in [5.74, 6) is -1.31. The molecular weight excluding hydrogens is 597 g/mol. The van der Waals surface area contributed by atoms with Crippen LogP contribution in [0.2, 0.25) is 0 Å². The van der Waals surface area contributed by atoms with Gasteiger partial charge in [0.2, 0.25) is 15.9 Å². The molecule has 0 aliphatic carbocycles. The zero-order valence-corrected chi connectivity index (χ0v) is 24.6. The Balaban J connectivity index is 1.42. The fraction of sp³-hybridized carbons (Fsp3) is 0.500. The monoisotopic (exact) mass is 628 g/mol. The summed E-state index contributed by atoms with van der Waals surface area (Å²) in [6, 6.07) is 3.18. The molecule has 2 aromatic heterocycles. The Morgan fingerprint density at radius 2 is 1.74 bits per heavy atom. The lowest BCUT2D eigenvalue weighted by Crippen LogP contribution is -2.44. The number of methoxy groups -OCH3 is 1. The van der Waals surface area contributed by atoms with Gasteiger partial charge < -0.3 is 24.6 Å². The van der Waals surface area contributed by atoms with Crippen LogP contribution in [0, 0.1) is 11.3 Å². The highest BCUT2D eigenvalue weighted by Crippen LogP contribution is 2.39. The minimum absolute atomic E-state index is 0.00768. The van der Waals surface area contributed by atoms with E-state index < -0.39 is 57.3 Å². The molecule has 0 saturated carbocycles. The Morgan fingerprint density at radius 1 is 1.09 bits per heavy atom. The summed E-state index contributed by atoms with van der Waals surface area (Å²) in [5, 5.41) is 7.51. The van der Waals surface area contributed by atoms with Crippen molar-refractivity contribution >= 4 is 33.6 Å². The number of fused-ring (bicyclic) bond motifs is 1. The number of halogens is 3. The molecule has 0 spiro atoms. The number of aromatic nitrogens is 2. The second kappa shape index (κ2) is 11.3. The van der Waals surface area contributed by atoms with E-state index in [1.54, 1.807) is 20.8 Å². The van der Waals surface area contributed by atoms with Gasteiger partial charge in [-0.2, -0.15) is 13.2 Å². The first-order chi connectivity index (χ1) is 19.8. The van der Waals surface area contributed by atoms with Gasteiger partial charge in [0.05, 0.1) is 24.3 Å². The molecule has 3 amide bonds. The third-order valence-corrected chi connectivity index (χ3v) is 8.24. The second-order valence-electron chi connectivity index (χ2n) is 11.4. The average molecular weight is 629 g/mol. The van der Waals surface area contributed by atoms with E-state index in [4.69, 9.17) is 14.6 Å². The number of amides is 3. The van der Waals surface area contributed by atoms with E-state index in [9.17, 15) is 36.0 Å². The van der Waals surface area contributed by atoms with Crippen molar-refractivity contribution in [2.75, 3.05) is 38.6 Å². The number of nitrogens with two attached hydrogens (primary N) is 1. The van der Waals surface area contributed by atoms with Crippen LogP contribution in [0.5, 0.6) is 0 Å². The van der Waals surface area contributed by atoms with Crippen LogP contribution in [-0.2, 0) is 37.1 Å². The maximum Gasteiger partial charge on any atom is 0.417 e. The fourth-order valence-electron chi connectivity index (χ4n) is 4.84. The second-order valence-corrected chi connectivity index (χ2v) is 13.0. The normalized spacial score (nSPS) is 20.6. The number of hydrogen-bond donors (Lipinski definition) is 2. The number of nitrogens with zero attached hydrogens (tertiary/aromatic N) is 4. The van der Waals surface area contributed by atoms with E-state index in [-0.39, 0.29) is 54.1 Å². The molecule has 2 saturated heterocycles. The van der Waals surface area contributed by atoms with Crippen molar-refractivity contribution in [3.05, 3.63) is 47.5 Å². The predicted octanol–water partition coefficient (Wildman–Crippen LogP) is 2.24. The maximum absolute atomic E-state index is 13.3. The average Bonchev–Trinajstić information content (AvgIpc) is 3.45. The van der Waals surface area contributed by atoms with Crippen molar-refractivity contribution < 1.29 is 45.4 Å². The third-order valence-electron chi connectivity index (χ3n) is 7.34. The SMILES string of the molecule is COC12CN(C(=O)OCc3ncc(C(F)(F)F)cc3NC(=O)C(C)(C)C)CC1CN(C(=O)c1ccc(S(N)(=O)=O)cn1)C2. The number of anilines is 1. The molecule has 3 N–H and O–H groups in total.